The molecule has 0 fully saturated rings. The average molecular weight is 372 g/mol. The number of benzene rings is 1. The van der Waals surface area contributed by atoms with Crippen LogP contribution in [0.5, 0.6) is 0 Å². The number of hydrogen-bond donors (Lipinski definition) is 1. The van der Waals surface area contributed by atoms with Gasteiger partial charge in [-0.3, -0.25) is 9.79 Å². The van der Waals surface area contributed by atoms with Crippen LogP contribution in [0.3, 0.4) is 0 Å². The Morgan fingerprint density at radius 2 is 2.00 bits per heavy atom. The lowest BCUT2D eigenvalue weighted by Crippen LogP contribution is -2.22. The third-order valence-corrected chi connectivity index (χ3v) is 3.92. The molecule has 1 atom stereocenters. The molecule has 1 aromatic heterocycles. The lowest BCUT2D eigenvalue weighted by atomic mass is 10.0. The normalized spacial score (nSPS) is 16.7. The van der Waals surface area contributed by atoms with Crippen molar-refractivity contribution in [2.75, 3.05) is 0 Å². The molecule has 0 aliphatic carbocycles. The molecule has 2 aromatic rings. The second-order valence-electron chi connectivity index (χ2n) is 5.37. The monoisotopic (exact) mass is 371 g/mol. The summed E-state index contributed by atoms with van der Waals surface area (Å²) in [5.41, 5.74) is -0.991. The predicted octanol–water partition coefficient (Wildman–Crippen LogP) is 4.14. The van der Waals surface area contributed by atoms with Crippen LogP contribution in [-0.2, 0) is 6.18 Å². The molecule has 25 heavy (non-hydrogen) atoms. The molecule has 0 bridgehead atoms. The van der Waals surface area contributed by atoms with E-state index in [1.165, 1.54) is 25.3 Å². The molecule has 1 aliphatic heterocycles. The van der Waals surface area contributed by atoms with Crippen molar-refractivity contribution in [3.63, 3.8) is 0 Å². The molecule has 3 rings (SSSR count). The zero-order valence-corrected chi connectivity index (χ0v) is 13.4. The van der Waals surface area contributed by atoms with Crippen LogP contribution < -0.4 is 5.32 Å². The third kappa shape index (κ3) is 3.21. The lowest BCUT2D eigenvalue weighted by Gasteiger charge is -2.14. The largest absolute Gasteiger partial charge is 0.419 e. The Morgan fingerprint density at radius 1 is 1.28 bits per heavy atom. The second-order valence-corrected chi connectivity index (χ2v) is 5.75. The van der Waals surface area contributed by atoms with Crippen molar-refractivity contribution in [2.45, 2.75) is 19.1 Å². The summed E-state index contributed by atoms with van der Waals surface area (Å²) in [5.74, 6) is -1.74. The number of pyridine rings is 1. The number of rotatable bonds is 2. The molecule has 130 valence electrons. The minimum absolute atomic E-state index is 0.105. The van der Waals surface area contributed by atoms with Crippen molar-refractivity contribution in [1.29, 1.82) is 0 Å². The van der Waals surface area contributed by atoms with Crippen molar-refractivity contribution in [1.82, 2.24) is 10.3 Å². The number of carbonyl (C=O) groups excluding carboxylic acids is 1. The zero-order valence-electron chi connectivity index (χ0n) is 12.7. The molecule has 0 saturated heterocycles. The first-order chi connectivity index (χ1) is 11.7. The fourth-order valence-electron chi connectivity index (χ4n) is 2.51. The summed E-state index contributed by atoms with van der Waals surface area (Å²) in [6.07, 6.45) is -3.54. The van der Waals surface area contributed by atoms with E-state index in [1.54, 1.807) is 0 Å². The smallest absolute Gasteiger partial charge is 0.306 e. The quantitative estimate of drug-likeness (QED) is 0.637. The van der Waals surface area contributed by atoms with Crippen molar-refractivity contribution in [3.8, 4) is 0 Å². The van der Waals surface area contributed by atoms with E-state index in [4.69, 9.17) is 11.6 Å². The SMILES string of the molecule is C[C@@H](N=C1NC(=O)c2cnc(Cl)cc21)c1cccc(C(F)(F)F)c1F. The molecule has 2 heterocycles. The van der Waals surface area contributed by atoms with Gasteiger partial charge in [0.15, 0.2) is 0 Å². The first kappa shape index (κ1) is 17.3. The molecule has 0 radical (unpaired) electrons. The van der Waals surface area contributed by atoms with E-state index in [1.807, 2.05) is 0 Å². The maximum absolute atomic E-state index is 14.2. The molecular formula is C16H10ClF4N3O. The van der Waals surface area contributed by atoms with E-state index in [9.17, 15) is 22.4 Å². The van der Waals surface area contributed by atoms with Gasteiger partial charge in [0.25, 0.3) is 5.91 Å². The molecule has 0 unspecified atom stereocenters. The maximum atomic E-state index is 14.2. The summed E-state index contributed by atoms with van der Waals surface area (Å²) in [7, 11) is 0. The number of nitrogens with one attached hydrogen (secondary N) is 1. The fraction of sp³-hybridized carbons (Fsp3) is 0.188. The van der Waals surface area contributed by atoms with E-state index in [0.717, 1.165) is 6.07 Å². The van der Waals surface area contributed by atoms with E-state index in [2.05, 4.69) is 15.3 Å². The van der Waals surface area contributed by atoms with Gasteiger partial charge in [0, 0.05) is 17.3 Å². The predicted molar refractivity (Wildman–Crippen MR) is 83.1 cm³/mol. The Bertz CT molecular complexity index is 895. The van der Waals surface area contributed by atoms with E-state index >= 15 is 0 Å². The molecule has 1 aromatic carbocycles. The zero-order chi connectivity index (χ0) is 18.4. The van der Waals surface area contributed by atoms with Gasteiger partial charge in [0.2, 0.25) is 0 Å². The van der Waals surface area contributed by atoms with Gasteiger partial charge in [0.05, 0.1) is 17.2 Å². The molecule has 0 saturated carbocycles. The van der Waals surface area contributed by atoms with E-state index in [-0.39, 0.29) is 22.1 Å². The van der Waals surface area contributed by atoms with Crippen LogP contribution in [0.4, 0.5) is 17.6 Å². The minimum Gasteiger partial charge on any atom is -0.306 e. The molecule has 1 N–H and O–H groups in total. The van der Waals surface area contributed by atoms with Gasteiger partial charge in [-0.25, -0.2) is 9.37 Å². The number of hydrogen-bond acceptors (Lipinski definition) is 3. The van der Waals surface area contributed by atoms with Crippen molar-refractivity contribution in [2.24, 2.45) is 4.99 Å². The van der Waals surface area contributed by atoms with Gasteiger partial charge in [0.1, 0.15) is 16.8 Å². The standard InChI is InChI=1S/C16H10ClF4N3O/c1-7(8-3-2-4-11(13(8)18)16(19,20)21)23-14-9-5-12(17)22-6-10(9)15(25)24-14/h2-7H,1H3,(H,23,24,25)/t7-/m1/s1. The number of carbonyl (C=O) groups is 1. The molecule has 0 spiro atoms. The Balaban J connectivity index is 2.02. The molecular weight excluding hydrogens is 362 g/mol. The first-order valence-electron chi connectivity index (χ1n) is 7.09. The van der Waals surface area contributed by atoms with Crippen LogP contribution in [-0.4, -0.2) is 16.7 Å². The van der Waals surface area contributed by atoms with Gasteiger partial charge < -0.3 is 5.32 Å². The van der Waals surface area contributed by atoms with Crippen molar-refractivity contribution >= 4 is 23.3 Å². The van der Waals surface area contributed by atoms with Gasteiger partial charge in [-0.1, -0.05) is 23.7 Å². The first-order valence-corrected chi connectivity index (χ1v) is 7.47. The number of amidine groups is 1. The third-order valence-electron chi connectivity index (χ3n) is 3.71. The van der Waals surface area contributed by atoms with E-state index in [0.29, 0.717) is 11.6 Å². The highest BCUT2D eigenvalue weighted by Crippen LogP contribution is 2.34. The van der Waals surface area contributed by atoms with Crippen LogP contribution in [0.2, 0.25) is 5.15 Å². The van der Waals surface area contributed by atoms with Gasteiger partial charge in [-0.05, 0) is 19.1 Å². The summed E-state index contributed by atoms with van der Waals surface area (Å²) >= 11 is 5.80. The van der Waals surface area contributed by atoms with Crippen LogP contribution >= 0.6 is 11.6 Å². The highest BCUT2D eigenvalue weighted by Gasteiger charge is 2.35. The number of aromatic nitrogens is 1. The topological polar surface area (TPSA) is 54.4 Å². The average Bonchev–Trinajstić information content (AvgIpc) is 2.81. The van der Waals surface area contributed by atoms with Gasteiger partial charge >= 0.3 is 6.18 Å². The Kier molecular flexibility index (Phi) is 4.24. The number of alkyl halides is 3. The Labute approximate surface area is 144 Å². The van der Waals surface area contributed by atoms with Crippen LogP contribution in [0, 0.1) is 5.82 Å². The number of halogens is 5. The molecule has 9 heteroatoms. The number of aliphatic imine (C=N–C) groups is 1. The fourth-order valence-corrected chi connectivity index (χ4v) is 2.66. The van der Waals surface area contributed by atoms with Crippen molar-refractivity contribution < 1.29 is 22.4 Å². The maximum Gasteiger partial charge on any atom is 0.419 e. The highest BCUT2D eigenvalue weighted by atomic mass is 35.5. The van der Waals surface area contributed by atoms with Crippen LogP contribution in [0.1, 0.15) is 40.0 Å². The van der Waals surface area contributed by atoms with Crippen molar-refractivity contribution in [3.05, 3.63) is 63.7 Å². The summed E-state index contributed by atoms with van der Waals surface area (Å²) in [4.78, 5) is 19.8. The second kappa shape index (κ2) is 6.11. The Hall–Kier alpha value is -2.48. The molecule has 1 aliphatic rings. The summed E-state index contributed by atoms with van der Waals surface area (Å²) in [6, 6.07) is 3.44. The van der Waals surface area contributed by atoms with Crippen LogP contribution in [0.15, 0.2) is 35.5 Å². The van der Waals surface area contributed by atoms with Gasteiger partial charge in [-0.2, -0.15) is 13.2 Å². The Morgan fingerprint density at radius 3 is 2.68 bits per heavy atom. The molecule has 4 nitrogen and oxygen atoms in total. The summed E-state index contributed by atoms with van der Waals surface area (Å²) in [6.45, 7) is 1.43. The minimum atomic E-state index is -4.81. The van der Waals surface area contributed by atoms with E-state index < -0.39 is 29.5 Å². The number of nitrogens with zero attached hydrogens (tertiary/aromatic N) is 2. The highest BCUT2D eigenvalue weighted by molar-refractivity contribution is 6.31. The van der Waals surface area contributed by atoms with Gasteiger partial charge in [-0.15, -0.1) is 0 Å². The number of fused-ring (bicyclic) bond motifs is 1. The summed E-state index contributed by atoms with van der Waals surface area (Å²) < 4.78 is 52.7. The summed E-state index contributed by atoms with van der Waals surface area (Å²) in [5, 5.41) is 2.61. The lowest BCUT2D eigenvalue weighted by molar-refractivity contribution is -0.140. The number of amides is 1. The van der Waals surface area contributed by atoms with Crippen LogP contribution in [0.25, 0.3) is 0 Å². The molecule has 1 amide bonds.